The van der Waals surface area contributed by atoms with Crippen molar-refractivity contribution in [3.05, 3.63) is 0 Å². The zero-order chi connectivity index (χ0) is 10.8. The number of carbonyl (C=O) groups is 1. The number of carbonyl (C=O) groups excluding carboxylic acids is 1. The van der Waals surface area contributed by atoms with Crippen molar-refractivity contribution in [2.24, 2.45) is 11.5 Å². The summed E-state index contributed by atoms with van der Waals surface area (Å²) in [5.41, 5.74) is 10.8. The predicted molar refractivity (Wildman–Crippen MR) is 56.7 cm³/mol. The highest BCUT2D eigenvalue weighted by molar-refractivity contribution is 5.71. The highest BCUT2D eigenvalue weighted by Crippen LogP contribution is 2.04. The van der Waals surface area contributed by atoms with Gasteiger partial charge in [-0.25, -0.2) is 0 Å². The van der Waals surface area contributed by atoms with Crippen molar-refractivity contribution < 1.29 is 9.53 Å². The molecule has 0 aromatic heterocycles. The van der Waals surface area contributed by atoms with Crippen molar-refractivity contribution in [1.82, 2.24) is 0 Å². The summed E-state index contributed by atoms with van der Waals surface area (Å²) < 4.78 is 4.82. The predicted octanol–water partition coefficient (Wildman–Crippen LogP) is 0.786. The lowest BCUT2D eigenvalue weighted by atomic mass is 10.1. The van der Waals surface area contributed by atoms with Crippen molar-refractivity contribution in [2.75, 3.05) is 13.2 Å². The number of ether oxygens (including phenoxy) is 1. The number of unbranched alkanes of at least 4 members (excludes halogenated alkanes) is 3. The van der Waals surface area contributed by atoms with E-state index in [0.29, 0.717) is 6.61 Å². The SMILES string of the molecule is CCCCCCC(N)COC(=O)CN. The summed E-state index contributed by atoms with van der Waals surface area (Å²) in [7, 11) is 0. The Kier molecular flexibility index (Phi) is 8.57. The van der Waals surface area contributed by atoms with Crippen molar-refractivity contribution in [3.8, 4) is 0 Å². The molecule has 4 N–H and O–H groups in total. The highest BCUT2D eigenvalue weighted by Gasteiger charge is 2.05. The van der Waals surface area contributed by atoms with Gasteiger partial charge in [0, 0.05) is 6.04 Å². The third-order valence-corrected chi connectivity index (χ3v) is 2.05. The van der Waals surface area contributed by atoms with Crippen molar-refractivity contribution >= 4 is 5.97 Å². The highest BCUT2D eigenvalue weighted by atomic mass is 16.5. The average molecular weight is 202 g/mol. The van der Waals surface area contributed by atoms with Crippen LogP contribution >= 0.6 is 0 Å². The first-order valence-corrected chi connectivity index (χ1v) is 5.32. The van der Waals surface area contributed by atoms with E-state index in [9.17, 15) is 4.79 Å². The molecular formula is C10H22N2O2. The summed E-state index contributed by atoms with van der Waals surface area (Å²) in [6, 6.07) is -0.0395. The van der Waals surface area contributed by atoms with Gasteiger partial charge in [-0.15, -0.1) is 0 Å². The monoisotopic (exact) mass is 202 g/mol. The maximum Gasteiger partial charge on any atom is 0.319 e. The van der Waals surface area contributed by atoms with E-state index < -0.39 is 0 Å². The molecule has 0 radical (unpaired) electrons. The first kappa shape index (κ1) is 13.4. The van der Waals surface area contributed by atoms with E-state index in [1.165, 1.54) is 19.3 Å². The molecular weight excluding hydrogens is 180 g/mol. The molecule has 0 bridgehead atoms. The summed E-state index contributed by atoms with van der Waals surface area (Å²) in [4.78, 5) is 10.7. The van der Waals surface area contributed by atoms with Gasteiger partial charge in [0.1, 0.15) is 6.61 Å². The van der Waals surface area contributed by atoms with Gasteiger partial charge in [-0.2, -0.15) is 0 Å². The van der Waals surface area contributed by atoms with Crippen LogP contribution in [0.15, 0.2) is 0 Å². The topological polar surface area (TPSA) is 78.3 Å². The van der Waals surface area contributed by atoms with Gasteiger partial charge in [0.15, 0.2) is 0 Å². The standard InChI is InChI=1S/C10H22N2O2/c1-2-3-4-5-6-9(12)8-14-10(13)7-11/h9H,2-8,11-12H2,1H3. The summed E-state index contributed by atoms with van der Waals surface area (Å²) in [5, 5.41) is 0. The van der Waals surface area contributed by atoms with Crippen LogP contribution in [0, 0.1) is 0 Å². The number of rotatable bonds is 8. The van der Waals surface area contributed by atoms with Crippen LogP contribution in [0.25, 0.3) is 0 Å². The molecule has 0 aliphatic carbocycles. The van der Waals surface area contributed by atoms with E-state index >= 15 is 0 Å². The quantitative estimate of drug-likeness (QED) is 0.450. The van der Waals surface area contributed by atoms with Crippen LogP contribution in [0.1, 0.15) is 39.0 Å². The number of hydrogen-bond acceptors (Lipinski definition) is 4. The molecule has 1 unspecified atom stereocenters. The molecule has 0 heterocycles. The van der Waals surface area contributed by atoms with Gasteiger partial charge in [0.2, 0.25) is 0 Å². The third kappa shape index (κ3) is 8.01. The molecule has 84 valence electrons. The molecule has 0 spiro atoms. The van der Waals surface area contributed by atoms with E-state index in [-0.39, 0.29) is 18.6 Å². The van der Waals surface area contributed by atoms with Crippen molar-refractivity contribution in [2.45, 2.75) is 45.1 Å². The van der Waals surface area contributed by atoms with Crippen molar-refractivity contribution in [3.63, 3.8) is 0 Å². The van der Waals surface area contributed by atoms with Gasteiger partial charge >= 0.3 is 5.97 Å². The second kappa shape index (κ2) is 8.97. The fourth-order valence-electron chi connectivity index (χ4n) is 1.18. The summed E-state index contributed by atoms with van der Waals surface area (Å²) in [6.45, 7) is 2.40. The zero-order valence-corrected chi connectivity index (χ0v) is 9.00. The van der Waals surface area contributed by atoms with E-state index in [1.807, 2.05) is 0 Å². The zero-order valence-electron chi connectivity index (χ0n) is 9.00. The van der Waals surface area contributed by atoms with E-state index in [4.69, 9.17) is 16.2 Å². The lowest BCUT2D eigenvalue weighted by Gasteiger charge is -2.11. The summed E-state index contributed by atoms with van der Waals surface area (Å²) in [6.07, 6.45) is 5.69. The lowest BCUT2D eigenvalue weighted by Crippen LogP contribution is -2.29. The Labute approximate surface area is 86.0 Å². The smallest absolute Gasteiger partial charge is 0.319 e. The molecule has 0 aromatic carbocycles. The van der Waals surface area contributed by atoms with E-state index in [1.54, 1.807) is 0 Å². The van der Waals surface area contributed by atoms with Crippen LogP contribution < -0.4 is 11.5 Å². The van der Waals surface area contributed by atoms with Crippen LogP contribution in [0.2, 0.25) is 0 Å². The van der Waals surface area contributed by atoms with Crippen LogP contribution in [0.5, 0.6) is 0 Å². The van der Waals surface area contributed by atoms with Crippen LogP contribution in [0.3, 0.4) is 0 Å². The lowest BCUT2D eigenvalue weighted by molar-refractivity contribution is -0.142. The first-order chi connectivity index (χ1) is 6.70. The van der Waals surface area contributed by atoms with Gasteiger partial charge in [-0.1, -0.05) is 32.6 Å². The van der Waals surface area contributed by atoms with E-state index in [0.717, 1.165) is 12.8 Å². The van der Waals surface area contributed by atoms with Crippen molar-refractivity contribution in [1.29, 1.82) is 0 Å². The minimum atomic E-state index is -0.381. The molecule has 0 fully saturated rings. The van der Waals surface area contributed by atoms with Gasteiger partial charge in [0.05, 0.1) is 6.54 Å². The Morgan fingerprint density at radius 3 is 2.64 bits per heavy atom. The molecule has 0 rings (SSSR count). The van der Waals surface area contributed by atoms with Gasteiger partial charge < -0.3 is 16.2 Å². The van der Waals surface area contributed by atoms with Gasteiger partial charge in [0.25, 0.3) is 0 Å². The van der Waals surface area contributed by atoms with Crippen LogP contribution in [-0.4, -0.2) is 25.2 Å². The third-order valence-electron chi connectivity index (χ3n) is 2.05. The minimum Gasteiger partial charge on any atom is -0.463 e. The Balaban J connectivity index is 3.27. The minimum absolute atomic E-state index is 0.0395. The van der Waals surface area contributed by atoms with Crippen LogP contribution in [-0.2, 0) is 9.53 Å². The van der Waals surface area contributed by atoms with Gasteiger partial charge in [-0.3, -0.25) is 4.79 Å². The molecule has 0 aliphatic heterocycles. The maximum absolute atomic E-state index is 10.7. The average Bonchev–Trinajstić information content (AvgIpc) is 2.21. The second-order valence-corrected chi connectivity index (χ2v) is 3.50. The molecule has 14 heavy (non-hydrogen) atoms. The second-order valence-electron chi connectivity index (χ2n) is 3.50. The molecule has 0 saturated heterocycles. The largest absolute Gasteiger partial charge is 0.463 e. The molecule has 4 nitrogen and oxygen atoms in total. The van der Waals surface area contributed by atoms with Gasteiger partial charge in [-0.05, 0) is 6.42 Å². The Hall–Kier alpha value is -0.610. The normalized spacial score (nSPS) is 12.5. The number of hydrogen-bond donors (Lipinski definition) is 2. The molecule has 0 saturated carbocycles. The molecule has 0 amide bonds. The molecule has 1 atom stereocenters. The molecule has 0 aliphatic rings. The summed E-state index contributed by atoms with van der Waals surface area (Å²) in [5.74, 6) is -0.381. The molecule has 0 aromatic rings. The Morgan fingerprint density at radius 1 is 1.36 bits per heavy atom. The fourth-order valence-corrected chi connectivity index (χ4v) is 1.18. The number of nitrogens with two attached hydrogens (primary N) is 2. The fraction of sp³-hybridized carbons (Fsp3) is 0.900. The first-order valence-electron chi connectivity index (χ1n) is 5.32. The summed E-state index contributed by atoms with van der Waals surface area (Å²) >= 11 is 0. The Morgan fingerprint density at radius 2 is 2.07 bits per heavy atom. The van der Waals surface area contributed by atoms with E-state index in [2.05, 4.69) is 6.92 Å². The van der Waals surface area contributed by atoms with Crippen LogP contribution in [0.4, 0.5) is 0 Å². The maximum atomic E-state index is 10.7. The molecule has 4 heteroatoms. The Bertz CT molecular complexity index is 151. The number of esters is 1.